The molecule has 1 N–H and O–H groups in total. The maximum atomic E-state index is 12.4. The Hall–Kier alpha value is -2.76. The summed E-state index contributed by atoms with van der Waals surface area (Å²) in [5, 5.41) is 10.7. The Morgan fingerprint density at radius 1 is 1.04 bits per heavy atom. The van der Waals surface area contributed by atoms with Crippen LogP contribution in [0.3, 0.4) is 0 Å². The largest absolute Gasteiger partial charge is 0.493 e. The minimum absolute atomic E-state index is 0.0722. The van der Waals surface area contributed by atoms with E-state index in [1.165, 1.54) is 11.3 Å². The minimum atomic E-state index is -0.0722. The van der Waals surface area contributed by atoms with Gasteiger partial charge in [0.05, 0.1) is 11.4 Å². The lowest BCUT2D eigenvalue weighted by atomic mass is 9.91. The van der Waals surface area contributed by atoms with E-state index in [2.05, 4.69) is 0 Å². The second kappa shape index (κ2) is 6.86. The average Bonchev–Trinajstić information content (AvgIpc) is 2.92. The third kappa shape index (κ3) is 3.07. The fourth-order valence-corrected chi connectivity index (χ4v) is 4.22. The van der Waals surface area contributed by atoms with Gasteiger partial charge in [-0.25, -0.2) is 0 Å². The van der Waals surface area contributed by atoms with Gasteiger partial charge in [-0.1, -0.05) is 60.7 Å². The van der Waals surface area contributed by atoms with Crippen molar-refractivity contribution in [3.8, 4) is 5.88 Å². The Labute approximate surface area is 160 Å². The van der Waals surface area contributed by atoms with Gasteiger partial charge in [0.1, 0.15) is 0 Å². The van der Waals surface area contributed by atoms with E-state index < -0.39 is 0 Å². The van der Waals surface area contributed by atoms with Gasteiger partial charge in [-0.3, -0.25) is 9.36 Å². The quantitative estimate of drug-likeness (QED) is 0.506. The monoisotopic (exact) mass is 377 g/mol. The highest BCUT2D eigenvalue weighted by molar-refractivity contribution is 7.73. The summed E-state index contributed by atoms with van der Waals surface area (Å²) in [5.74, 6) is 0.0215. The Balaban J connectivity index is 1.77. The van der Waals surface area contributed by atoms with Gasteiger partial charge in [-0.05, 0) is 41.1 Å². The number of aromatic hydroxyl groups is 1. The van der Waals surface area contributed by atoms with Gasteiger partial charge in [0.25, 0.3) is 0 Å². The minimum Gasteiger partial charge on any atom is -0.493 e. The number of benzene rings is 2. The lowest BCUT2D eigenvalue weighted by Crippen LogP contribution is -2.04. The van der Waals surface area contributed by atoms with Gasteiger partial charge >= 0.3 is 0 Å². The predicted octanol–water partition coefficient (Wildman–Crippen LogP) is 5.17. The maximum absolute atomic E-state index is 12.4. The fourth-order valence-electron chi connectivity index (χ4n) is 2.97. The second-order valence-corrected chi connectivity index (χ2v) is 7.65. The van der Waals surface area contributed by atoms with Gasteiger partial charge < -0.3 is 5.11 Å². The zero-order chi connectivity index (χ0) is 18.1. The summed E-state index contributed by atoms with van der Waals surface area (Å²) in [6.07, 6.45) is 5.12. The van der Waals surface area contributed by atoms with E-state index in [1.54, 1.807) is 16.7 Å². The van der Waals surface area contributed by atoms with Crippen LogP contribution >= 0.6 is 23.6 Å². The van der Waals surface area contributed by atoms with Gasteiger partial charge in [0, 0.05) is 5.57 Å². The van der Waals surface area contributed by atoms with Crippen molar-refractivity contribution in [2.45, 2.75) is 6.54 Å². The smallest absolute Gasteiger partial charge is 0.210 e. The molecule has 0 saturated heterocycles. The molecule has 5 heteroatoms. The van der Waals surface area contributed by atoms with E-state index in [0.29, 0.717) is 20.9 Å². The van der Waals surface area contributed by atoms with Crippen LogP contribution in [0.1, 0.15) is 21.6 Å². The molecule has 3 nitrogen and oxygen atoms in total. The van der Waals surface area contributed by atoms with Crippen LogP contribution in [0.4, 0.5) is 0 Å². The van der Waals surface area contributed by atoms with Crippen molar-refractivity contribution in [1.29, 1.82) is 0 Å². The van der Waals surface area contributed by atoms with E-state index in [4.69, 9.17) is 12.2 Å². The SMILES string of the molecule is O=C1C=Cc2ccccc2C1=Cc1sc(=S)n(Cc2ccccc2)c1O. The van der Waals surface area contributed by atoms with Crippen LogP contribution in [-0.2, 0) is 11.3 Å². The Bertz CT molecular complexity index is 1100. The molecule has 0 bridgehead atoms. The first-order valence-corrected chi connectivity index (χ1v) is 9.36. The van der Waals surface area contributed by atoms with Crippen molar-refractivity contribution in [1.82, 2.24) is 4.57 Å². The summed E-state index contributed by atoms with van der Waals surface area (Å²) >= 11 is 6.73. The molecular formula is C21H15NO2S2. The van der Waals surface area contributed by atoms with Gasteiger partial charge in [0.15, 0.2) is 9.74 Å². The van der Waals surface area contributed by atoms with E-state index in [0.717, 1.165) is 16.7 Å². The second-order valence-electron chi connectivity index (χ2n) is 5.97. The molecule has 0 fully saturated rings. The average molecular weight is 377 g/mol. The summed E-state index contributed by atoms with van der Waals surface area (Å²) in [5.41, 5.74) is 3.48. The Morgan fingerprint density at radius 3 is 2.58 bits per heavy atom. The third-order valence-electron chi connectivity index (χ3n) is 4.28. The zero-order valence-electron chi connectivity index (χ0n) is 13.8. The highest BCUT2D eigenvalue weighted by Gasteiger charge is 2.19. The maximum Gasteiger partial charge on any atom is 0.210 e. The lowest BCUT2D eigenvalue weighted by molar-refractivity contribution is -0.109. The molecule has 2 aromatic carbocycles. The Morgan fingerprint density at radius 2 is 1.77 bits per heavy atom. The van der Waals surface area contributed by atoms with Crippen molar-refractivity contribution in [2.24, 2.45) is 0 Å². The molecule has 26 heavy (non-hydrogen) atoms. The van der Waals surface area contributed by atoms with Crippen molar-refractivity contribution in [3.05, 3.63) is 86.2 Å². The van der Waals surface area contributed by atoms with Crippen molar-refractivity contribution in [2.75, 3.05) is 0 Å². The summed E-state index contributed by atoms with van der Waals surface area (Å²) < 4.78 is 2.27. The number of fused-ring (bicyclic) bond motifs is 1. The summed E-state index contributed by atoms with van der Waals surface area (Å²) in [7, 11) is 0. The number of allylic oxidation sites excluding steroid dienone is 2. The fraction of sp³-hybridized carbons (Fsp3) is 0.0476. The molecule has 0 aliphatic heterocycles. The van der Waals surface area contributed by atoms with Crippen LogP contribution in [0, 0.1) is 3.95 Å². The molecule has 0 saturated carbocycles. The van der Waals surface area contributed by atoms with Crippen LogP contribution < -0.4 is 0 Å². The molecule has 1 heterocycles. The van der Waals surface area contributed by atoms with Crippen LogP contribution in [0.25, 0.3) is 17.7 Å². The molecule has 4 rings (SSSR count). The third-order valence-corrected chi connectivity index (χ3v) is 5.67. The van der Waals surface area contributed by atoms with Gasteiger partial charge in [-0.2, -0.15) is 0 Å². The summed E-state index contributed by atoms with van der Waals surface area (Å²) in [6.45, 7) is 0.496. The first-order valence-electron chi connectivity index (χ1n) is 8.13. The molecule has 0 spiro atoms. The van der Waals surface area contributed by atoms with Crippen molar-refractivity contribution >= 4 is 47.1 Å². The molecule has 1 aromatic heterocycles. The van der Waals surface area contributed by atoms with Crippen molar-refractivity contribution in [3.63, 3.8) is 0 Å². The van der Waals surface area contributed by atoms with E-state index >= 15 is 0 Å². The topological polar surface area (TPSA) is 42.2 Å². The molecule has 0 amide bonds. The van der Waals surface area contributed by atoms with Gasteiger partial charge in [0.2, 0.25) is 5.88 Å². The van der Waals surface area contributed by atoms with Gasteiger partial charge in [-0.15, -0.1) is 11.3 Å². The number of aromatic nitrogens is 1. The van der Waals surface area contributed by atoms with Crippen LogP contribution in [-0.4, -0.2) is 15.5 Å². The predicted molar refractivity (Wildman–Crippen MR) is 109 cm³/mol. The van der Waals surface area contributed by atoms with Crippen LogP contribution in [0.2, 0.25) is 0 Å². The first kappa shape index (κ1) is 16.7. The van der Waals surface area contributed by atoms with E-state index in [1.807, 2.05) is 60.7 Å². The number of nitrogens with zero attached hydrogens (tertiary/aromatic N) is 1. The lowest BCUT2D eigenvalue weighted by Gasteiger charge is -2.12. The number of carbonyl (C=O) groups excluding carboxylic acids is 1. The van der Waals surface area contributed by atoms with Crippen LogP contribution in [0.5, 0.6) is 5.88 Å². The zero-order valence-corrected chi connectivity index (χ0v) is 15.4. The molecule has 0 atom stereocenters. The van der Waals surface area contributed by atoms with Crippen LogP contribution in [0.15, 0.2) is 60.7 Å². The number of ketones is 1. The molecule has 3 aromatic rings. The van der Waals surface area contributed by atoms with Crippen molar-refractivity contribution < 1.29 is 9.90 Å². The normalized spacial score (nSPS) is 14.6. The summed E-state index contributed by atoms with van der Waals surface area (Å²) in [4.78, 5) is 13.0. The summed E-state index contributed by atoms with van der Waals surface area (Å²) in [6, 6.07) is 17.6. The molecule has 1 aliphatic carbocycles. The first-order chi connectivity index (χ1) is 12.6. The highest BCUT2D eigenvalue weighted by atomic mass is 32.1. The van der Waals surface area contributed by atoms with E-state index in [-0.39, 0.29) is 11.7 Å². The Kier molecular flexibility index (Phi) is 4.41. The number of carbonyl (C=O) groups is 1. The molecular weight excluding hydrogens is 362 g/mol. The van der Waals surface area contributed by atoms with E-state index in [9.17, 15) is 9.90 Å². The number of hydrogen-bond donors (Lipinski definition) is 1. The number of thiazole rings is 1. The number of rotatable bonds is 3. The molecule has 128 valence electrons. The number of hydrogen-bond acceptors (Lipinski definition) is 4. The molecule has 0 radical (unpaired) electrons. The highest BCUT2D eigenvalue weighted by Crippen LogP contribution is 2.34. The standard InChI is InChI=1S/C21H15NO2S2/c23-18-11-10-15-8-4-5-9-16(15)17(18)12-19-20(24)22(21(25)26-19)13-14-6-2-1-3-7-14/h1-12,24H,13H2. The molecule has 1 aliphatic rings. The molecule has 0 unspecified atom stereocenters.